The van der Waals surface area contributed by atoms with Gasteiger partial charge in [0.1, 0.15) is 18.1 Å². The van der Waals surface area contributed by atoms with Gasteiger partial charge in [-0.05, 0) is 62.8 Å². The minimum Gasteiger partial charge on any atom is -0.370 e. The second-order valence-corrected chi connectivity index (χ2v) is 14.7. The Kier molecular flexibility index (Phi) is 7.68. The van der Waals surface area contributed by atoms with Gasteiger partial charge in [0.05, 0.1) is 22.5 Å². The number of hydrogen-bond donors (Lipinski definition) is 2. The molecule has 3 aliphatic carbocycles. The van der Waals surface area contributed by atoms with E-state index in [2.05, 4.69) is 28.2 Å². The molecule has 9 nitrogen and oxygen atoms in total. The Morgan fingerprint density at radius 1 is 1.22 bits per heavy atom. The Bertz CT molecular complexity index is 1720. The summed E-state index contributed by atoms with van der Waals surface area (Å²) in [6.45, 7) is 9.21. The smallest absolute Gasteiger partial charge is 0.370 e. The maximum absolute atomic E-state index is 14.2. The summed E-state index contributed by atoms with van der Waals surface area (Å²) < 4.78 is 47.1. The third-order valence-electron chi connectivity index (χ3n) is 10.8. The number of carbonyl (C=O) groups is 3. The molecule has 46 heavy (non-hydrogen) atoms. The third kappa shape index (κ3) is 4.94. The van der Waals surface area contributed by atoms with Crippen molar-refractivity contribution in [3.05, 3.63) is 28.9 Å². The zero-order valence-electron chi connectivity index (χ0n) is 26.2. The van der Waals surface area contributed by atoms with Crippen molar-refractivity contribution >= 4 is 39.1 Å². The summed E-state index contributed by atoms with van der Waals surface area (Å²) in [7, 11) is 0. The molecular weight excluding hydrogens is 619 g/mol. The molecule has 4 aliphatic rings. The number of carbonyl (C=O) groups excluding carboxylic acids is 3. The number of hydrogen-bond acceptors (Lipinski definition) is 7. The lowest BCUT2D eigenvalue weighted by Gasteiger charge is -2.42. The quantitative estimate of drug-likeness (QED) is 0.393. The second-order valence-electron chi connectivity index (χ2n) is 13.8. The van der Waals surface area contributed by atoms with Crippen molar-refractivity contribution in [1.29, 1.82) is 5.26 Å². The number of fused-ring (bicyclic) bond motifs is 2. The van der Waals surface area contributed by atoms with E-state index in [4.69, 9.17) is 4.74 Å². The number of halogens is 3. The first-order valence-corrected chi connectivity index (χ1v) is 16.3. The highest BCUT2D eigenvalue weighted by molar-refractivity contribution is 7.17. The largest absolute Gasteiger partial charge is 0.471 e. The van der Waals surface area contributed by atoms with Crippen LogP contribution in [0.25, 0.3) is 10.1 Å². The highest BCUT2D eigenvalue weighted by Crippen LogP contribution is 2.95. The zero-order valence-corrected chi connectivity index (χ0v) is 27.1. The lowest BCUT2D eigenvalue weighted by Crippen LogP contribution is -2.61. The molecule has 1 saturated heterocycles. The van der Waals surface area contributed by atoms with Gasteiger partial charge in [0.25, 0.3) is 0 Å². The first-order chi connectivity index (χ1) is 21.6. The van der Waals surface area contributed by atoms with Gasteiger partial charge in [-0.3, -0.25) is 19.4 Å². The van der Waals surface area contributed by atoms with Gasteiger partial charge < -0.3 is 20.3 Å². The van der Waals surface area contributed by atoms with E-state index in [9.17, 15) is 32.8 Å². The predicted molar refractivity (Wildman–Crippen MR) is 163 cm³/mol. The molecular formula is C33H36F3N5O4S. The summed E-state index contributed by atoms with van der Waals surface area (Å²) in [5.41, 5.74) is 0.101. The summed E-state index contributed by atoms with van der Waals surface area (Å²) in [6.07, 6.45) is -0.557. The minimum atomic E-state index is -5.21. The molecule has 244 valence electrons. The van der Waals surface area contributed by atoms with Crippen LogP contribution in [0, 0.1) is 45.8 Å². The average Bonchev–Trinajstić information content (AvgIpc) is 3.61. The Morgan fingerprint density at radius 3 is 2.52 bits per heavy atom. The van der Waals surface area contributed by atoms with Crippen LogP contribution >= 0.6 is 11.3 Å². The predicted octanol–water partition coefficient (Wildman–Crippen LogP) is 4.10. The minimum absolute atomic E-state index is 0.000934. The van der Waals surface area contributed by atoms with E-state index in [1.54, 1.807) is 19.3 Å². The molecule has 0 bridgehead atoms. The van der Waals surface area contributed by atoms with Gasteiger partial charge in [0.2, 0.25) is 11.8 Å². The number of likely N-dealkylation sites (tertiary alicyclic amines) is 1. The lowest BCUT2D eigenvalue weighted by atomic mass is 9.81. The number of rotatable bonds is 9. The van der Waals surface area contributed by atoms with E-state index in [0.29, 0.717) is 12.8 Å². The topological polar surface area (TPSA) is 124 Å². The molecule has 2 N–H and O–H groups in total. The molecule has 4 fully saturated rings. The van der Waals surface area contributed by atoms with Crippen molar-refractivity contribution in [3.63, 3.8) is 0 Å². The first kappa shape index (κ1) is 32.3. The van der Waals surface area contributed by atoms with Gasteiger partial charge >= 0.3 is 12.1 Å². The fraction of sp³-hybridized carbons (Fsp3) is 0.606. The van der Waals surface area contributed by atoms with Crippen molar-refractivity contribution in [2.24, 2.45) is 22.7 Å². The molecule has 3 saturated carbocycles. The molecule has 3 heterocycles. The number of piperidine rings is 1. The van der Waals surface area contributed by atoms with Crippen LogP contribution in [0.2, 0.25) is 0 Å². The van der Waals surface area contributed by atoms with E-state index in [0.717, 1.165) is 27.6 Å². The Balaban J connectivity index is 1.27. The highest BCUT2D eigenvalue weighted by Gasteiger charge is 2.97. The fourth-order valence-electron chi connectivity index (χ4n) is 8.50. The molecule has 3 amide bonds. The molecule has 6 rings (SSSR count). The SMILES string of the molecule is CC#Cc1csc2cncc(CC(C#N)NC(=O)[C@H]3N(C(=O)[C@@H](NC(=O)C(F)(F)F)[C@@H](C)OC4(C)CCC4)C[C@@H]4C5C(C)(C)C543)c12. The number of pyridine rings is 1. The van der Waals surface area contributed by atoms with Crippen molar-refractivity contribution < 1.29 is 32.3 Å². The van der Waals surface area contributed by atoms with Crippen LogP contribution in [0.15, 0.2) is 17.8 Å². The number of alkyl halides is 3. The number of nitrogens with one attached hydrogen (secondary N) is 2. The Morgan fingerprint density at radius 2 is 1.93 bits per heavy atom. The molecule has 0 aromatic carbocycles. The van der Waals surface area contributed by atoms with Crippen LogP contribution in [-0.2, 0) is 25.5 Å². The molecule has 1 aliphatic heterocycles. The van der Waals surface area contributed by atoms with Crippen molar-refractivity contribution in [3.8, 4) is 17.9 Å². The molecule has 2 aromatic heterocycles. The van der Waals surface area contributed by atoms with E-state index in [1.165, 1.54) is 23.2 Å². The van der Waals surface area contributed by atoms with Crippen LogP contribution in [0.4, 0.5) is 13.2 Å². The van der Waals surface area contributed by atoms with Crippen molar-refractivity contribution in [1.82, 2.24) is 20.5 Å². The summed E-state index contributed by atoms with van der Waals surface area (Å²) in [5.74, 6) is 2.53. The van der Waals surface area contributed by atoms with Gasteiger partial charge in [-0.1, -0.05) is 19.8 Å². The van der Waals surface area contributed by atoms with Crippen LogP contribution in [0.5, 0.6) is 0 Å². The van der Waals surface area contributed by atoms with Gasteiger partial charge in [0.15, 0.2) is 0 Å². The normalized spacial score (nSPS) is 28.2. The molecule has 1 spiro atoms. The number of nitriles is 1. The molecule has 0 radical (unpaired) electrons. The monoisotopic (exact) mass is 655 g/mol. The molecule has 13 heteroatoms. The maximum Gasteiger partial charge on any atom is 0.471 e. The third-order valence-corrected chi connectivity index (χ3v) is 11.7. The van der Waals surface area contributed by atoms with E-state index < -0.39 is 59.1 Å². The Labute approximate surface area is 269 Å². The lowest BCUT2D eigenvalue weighted by molar-refractivity contribution is -0.180. The van der Waals surface area contributed by atoms with Gasteiger partial charge in [-0.2, -0.15) is 18.4 Å². The second kappa shape index (κ2) is 11.0. The molecule has 7 atom stereocenters. The fourth-order valence-corrected chi connectivity index (χ4v) is 9.40. The van der Waals surface area contributed by atoms with Crippen LogP contribution in [-0.4, -0.2) is 70.2 Å². The van der Waals surface area contributed by atoms with Crippen LogP contribution in [0.1, 0.15) is 65.0 Å². The summed E-state index contributed by atoms with van der Waals surface area (Å²) in [5, 5.41) is 17.6. The van der Waals surface area contributed by atoms with E-state index in [-0.39, 0.29) is 30.2 Å². The number of thiophene rings is 1. The van der Waals surface area contributed by atoms with Crippen LogP contribution < -0.4 is 10.6 Å². The van der Waals surface area contributed by atoms with Gasteiger partial charge in [0, 0.05) is 47.1 Å². The number of nitrogens with zero attached hydrogens (tertiary/aromatic N) is 3. The maximum atomic E-state index is 14.2. The van der Waals surface area contributed by atoms with E-state index in [1.807, 2.05) is 31.5 Å². The first-order valence-electron chi connectivity index (χ1n) is 15.4. The van der Waals surface area contributed by atoms with Gasteiger partial charge in [-0.25, -0.2) is 0 Å². The van der Waals surface area contributed by atoms with E-state index >= 15 is 0 Å². The summed E-state index contributed by atoms with van der Waals surface area (Å²) >= 11 is 1.48. The standard InChI is InChI=1S/C33H36F3N5O4S/c1-6-8-18-16-46-22-14-38-13-19(23(18)22)11-20(12-37)39-27(42)26-32-21(25(32)30(32,3)4)15-41(26)28(43)24(40-29(44)33(34,35)36)17(2)45-31(5)9-7-10-31/h13-14,16-17,20-21,24-26H,7,9-11,15H2,1-5H3,(H,39,42)(H,40,44)/t17-,20?,21-,24+,25?,26-,32?/m1/s1. The number of ether oxygens (including phenoxy) is 1. The molecule has 3 unspecified atom stereocenters. The number of amides is 3. The zero-order chi connectivity index (χ0) is 33.4. The average molecular weight is 656 g/mol. The van der Waals surface area contributed by atoms with Crippen molar-refractivity contribution in [2.45, 2.75) is 96.3 Å². The molecule has 2 aromatic rings. The van der Waals surface area contributed by atoms with Gasteiger partial charge in [-0.15, -0.1) is 17.3 Å². The summed E-state index contributed by atoms with van der Waals surface area (Å²) in [6, 6.07) is -1.50. The Hall–Kier alpha value is -3.68. The van der Waals surface area contributed by atoms with Crippen molar-refractivity contribution in [2.75, 3.05) is 6.54 Å². The highest BCUT2D eigenvalue weighted by atomic mass is 32.1. The summed E-state index contributed by atoms with van der Waals surface area (Å²) in [4.78, 5) is 46.0. The number of aromatic nitrogens is 1. The van der Waals surface area contributed by atoms with Crippen LogP contribution in [0.3, 0.4) is 0 Å².